The molecule has 1 aromatic carbocycles. The van der Waals surface area contributed by atoms with Crippen molar-refractivity contribution in [2.24, 2.45) is 5.92 Å². The van der Waals surface area contributed by atoms with Gasteiger partial charge in [-0.1, -0.05) is 29.8 Å². The van der Waals surface area contributed by atoms with Crippen molar-refractivity contribution >= 4 is 15.9 Å². The van der Waals surface area contributed by atoms with Crippen molar-refractivity contribution in [3.8, 4) is 0 Å². The lowest BCUT2D eigenvalue weighted by atomic mass is 9.97. The van der Waals surface area contributed by atoms with Gasteiger partial charge in [-0.3, -0.25) is 0 Å². The van der Waals surface area contributed by atoms with Crippen LogP contribution in [0.15, 0.2) is 22.7 Å². The van der Waals surface area contributed by atoms with Gasteiger partial charge >= 0.3 is 0 Å². The molecule has 1 aromatic rings. The minimum Gasteiger partial charge on any atom is -0.313 e. The second kappa shape index (κ2) is 5.61. The summed E-state index contributed by atoms with van der Waals surface area (Å²) in [6.45, 7) is 4.28. The molecule has 0 heterocycles. The molecule has 1 nitrogen and oxygen atoms in total. The van der Waals surface area contributed by atoms with E-state index < -0.39 is 0 Å². The molecule has 0 bridgehead atoms. The molecule has 1 N–H and O–H groups in total. The zero-order chi connectivity index (χ0) is 11.4. The maximum atomic E-state index is 13.6. The Morgan fingerprint density at radius 1 is 1.40 bits per heavy atom. The molecule has 0 saturated carbocycles. The second-order valence-electron chi connectivity index (χ2n) is 4.14. The lowest BCUT2D eigenvalue weighted by Gasteiger charge is -2.19. The van der Waals surface area contributed by atoms with Gasteiger partial charge in [0.15, 0.2) is 0 Å². The summed E-state index contributed by atoms with van der Waals surface area (Å²) in [7, 11) is 1.87. The Bertz CT molecular complexity index is 325. The van der Waals surface area contributed by atoms with Crippen LogP contribution in [0, 0.1) is 11.7 Å². The van der Waals surface area contributed by atoms with E-state index in [9.17, 15) is 4.39 Å². The highest BCUT2D eigenvalue weighted by Gasteiger charge is 2.15. The Labute approximate surface area is 99.2 Å². The highest BCUT2D eigenvalue weighted by Crippen LogP contribution is 2.26. The first kappa shape index (κ1) is 12.7. The molecule has 0 spiro atoms. The topological polar surface area (TPSA) is 12.0 Å². The van der Waals surface area contributed by atoms with E-state index in [0.717, 1.165) is 16.5 Å². The molecule has 0 radical (unpaired) electrons. The monoisotopic (exact) mass is 273 g/mol. The second-order valence-corrected chi connectivity index (χ2v) is 5.05. The number of rotatable bonds is 4. The zero-order valence-corrected chi connectivity index (χ0v) is 10.9. The third-order valence-electron chi connectivity index (χ3n) is 2.39. The normalized spacial score (nSPS) is 13.2. The number of hydrogen-bond acceptors (Lipinski definition) is 1. The summed E-state index contributed by atoms with van der Waals surface area (Å²) in [5.74, 6) is 0.402. The highest BCUT2D eigenvalue weighted by atomic mass is 79.9. The third kappa shape index (κ3) is 3.58. The van der Waals surface area contributed by atoms with Crippen molar-refractivity contribution in [1.29, 1.82) is 0 Å². The molecule has 1 rings (SSSR count). The van der Waals surface area contributed by atoms with Crippen molar-refractivity contribution in [1.82, 2.24) is 5.32 Å². The van der Waals surface area contributed by atoms with E-state index in [4.69, 9.17) is 0 Å². The average molecular weight is 274 g/mol. The molecule has 0 aliphatic carbocycles. The summed E-state index contributed by atoms with van der Waals surface area (Å²) in [5.41, 5.74) is 0.737. The van der Waals surface area contributed by atoms with Crippen LogP contribution in [0.5, 0.6) is 0 Å². The highest BCUT2D eigenvalue weighted by molar-refractivity contribution is 9.10. The van der Waals surface area contributed by atoms with E-state index >= 15 is 0 Å². The van der Waals surface area contributed by atoms with Gasteiger partial charge in [0.1, 0.15) is 5.82 Å². The van der Waals surface area contributed by atoms with Gasteiger partial charge in [0.2, 0.25) is 0 Å². The minimum absolute atomic E-state index is 0.0856. The van der Waals surface area contributed by atoms with Crippen LogP contribution in [0.3, 0.4) is 0 Å². The molecule has 0 saturated heterocycles. The molecular weight excluding hydrogens is 257 g/mol. The molecule has 0 aromatic heterocycles. The molecular formula is C12H17BrFN. The molecule has 0 aliphatic heterocycles. The van der Waals surface area contributed by atoms with Crippen LogP contribution < -0.4 is 5.32 Å². The Balaban J connectivity index is 2.95. The lowest BCUT2D eigenvalue weighted by Crippen LogP contribution is -2.19. The molecule has 1 unspecified atom stereocenters. The Hall–Kier alpha value is -0.410. The maximum Gasteiger partial charge on any atom is 0.128 e. The lowest BCUT2D eigenvalue weighted by molar-refractivity contribution is 0.440. The SMILES string of the molecule is CNC(CC(C)C)c1cc(Br)ccc1F. The standard InChI is InChI=1S/C12H17BrFN/c1-8(2)6-12(15-3)10-7-9(13)4-5-11(10)14/h4-5,7-8,12,15H,6H2,1-3H3. The van der Waals surface area contributed by atoms with Crippen molar-refractivity contribution < 1.29 is 4.39 Å². The Morgan fingerprint density at radius 3 is 2.60 bits per heavy atom. The summed E-state index contributed by atoms with van der Waals surface area (Å²) in [5, 5.41) is 3.16. The summed E-state index contributed by atoms with van der Waals surface area (Å²) in [6, 6.07) is 5.16. The zero-order valence-electron chi connectivity index (χ0n) is 9.35. The van der Waals surface area contributed by atoms with Gasteiger partial charge in [-0.25, -0.2) is 4.39 Å². The van der Waals surface area contributed by atoms with Gasteiger partial charge in [0.25, 0.3) is 0 Å². The van der Waals surface area contributed by atoms with E-state index in [1.165, 1.54) is 6.07 Å². The predicted molar refractivity (Wildman–Crippen MR) is 65.4 cm³/mol. The number of halogens is 2. The van der Waals surface area contributed by atoms with Crippen LogP contribution in [0.4, 0.5) is 4.39 Å². The first-order valence-corrected chi connectivity index (χ1v) is 5.96. The summed E-state index contributed by atoms with van der Waals surface area (Å²) < 4.78 is 14.5. The van der Waals surface area contributed by atoms with Crippen LogP contribution in [0.1, 0.15) is 31.9 Å². The van der Waals surface area contributed by atoms with Crippen molar-refractivity contribution in [2.45, 2.75) is 26.3 Å². The van der Waals surface area contributed by atoms with E-state index in [0.29, 0.717) is 5.92 Å². The van der Waals surface area contributed by atoms with Crippen molar-refractivity contribution in [3.05, 3.63) is 34.1 Å². The van der Waals surface area contributed by atoms with Crippen LogP contribution >= 0.6 is 15.9 Å². The maximum absolute atomic E-state index is 13.6. The molecule has 84 valence electrons. The van der Waals surface area contributed by atoms with Gasteiger partial charge in [-0.2, -0.15) is 0 Å². The van der Waals surface area contributed by atoms with Gasteiger partial charge < -0.3 is 5.32 Å². The van der Waals surface area contributed by atoms with Gasteiger partial charge in [0, 0.05) is 16.1 Å². The molecule has 3 heteroatoms. The predicted octanol–water partition coefficient (Wildman–Crippen LogP) is 3.89. The smallest absolute Gasteiger partial charge is 0.128 e. The number of hydrogen-bond donors (Lipinski definition) is 1. The average Bonchev–Trinajstić information content (AvgIpc) is 2.18. The largest absolute Gasteiger partial charge is 0.313 e. The molecule has 1 atom stereocenters. The first-order valence-electron chi connectivity index (χ1n) is 5.16. The quantitative estimate of drug-likeness (QED) is 0.878. The fraction of sp³-hybridized carbons (Fsp3) is 0.500. The summed E-state index contributed by atoms with van der Waals surface area (Å²) in [6.07, 6.45) is 0.934. The van der Waals surface area contributed by atoms with Crippen LogP contribution in [-0.2, 0) is 0 Å². The van der Waals surface area contributed by atoms with Gasteiger partial charge in [0.05, 0.1) is 0 Å². The van der Waals surface area contributed by atoms with Gasteiger partial charge in [-0.15, -0.1) is 0 Å². The van der Waals surface area contributed by atoms with Crippen LogP contribution in [0.25, 0.3) is 0 Å². The molecule has 0 fully saturated rings. The summed E-state index contributed by atoms with van der Waals surface area (Å²) in [4.78, 5) is 0. The fourth-order valence-corrected chi connectivity index (χ4v) is 2.03. The van der Waals surface area contributed by atoms with E-state index in [2.05, 4.69) is 35.1 Å². The molecule has 0 amide bonds. The number of benzene rings is 1. The van der Waals surface area contributed by atoms with E-state index in [1.807, 2.05) is 13.1 Å². The van der Waals surface area contributed by atoms with Crippen LogP contribution in [0.2, 0.25) is 0 Å². The number of nitrogens with one attached hydrogen (secondary N) is 1. The Morgan fingerprint density at radius 2 is 2.07 bits per heavy atom. The summed E-state index contributed by atoms with van der Waals surface area (Å²) >= 11 is 3.37. The van der Waals surface area contributed by atoms with Crippen molar-refractivity contribution in [2.75, 3.05) is 7.05 Å². The first-order chi connectivity index (χ1) is 7.04. The van der Waals surface area contributed by atoms with Crippen LogP contribution in [-0.4, -0.2) is 7.05 Å². The van der Waals surface area contributed by atoms with E-state index in [1.54, 1.807) is 6.07 Å². The van der Waals surface area contributed by atoms with Crippen molar-refractivity contribution in [3.63, 3.8) is 0 Å². The van der Waals surface area contributed by atoms with E-state index in [-0.39, 0.29) is 11.9 Å². The fourth-order valence-electron chi connectivity index (χ4n) is 1.65. The Kier molecular flexibility index (Phi) is 4.74. The van der Waals surface area contributed by atoms with Gasteiger partial charge in [-0.05, 0) is 37.6 Å². The molecule has 15 heavy (non-hydrogen) atoms. The molecule has 0 aliphatic rings. The minimum atomic E-state index is -0.141. The third-order valence-corrected chi connectivity index (χ3v) is 2.88.